The summed E-state index contributed by atoms with van der Waals surface area (Å²) in [5.41, 5.74) is 1.13. The first kappa shape index (κ1) is 15.0. The van der Waals surface area contributed by atoms with Crippen molar-refractivity contribution in [1.29, 1.82) is 0 Å². The Morgan fingerprint density at radius 1 is 1.15 bits per heavy atom. The molecule has 1 aliphatic rings. The molecule has 0 amide bonds. The van der Waals surface area contributed by atoms with Gasteiger partial charge in [-0.2, -0.15) is 0 Å². The van der Waals surface area contributed by atoms with Gasteiger partial charge in [-0.1, -0.05) is 19.8 Å². The van der Waals surface area contributed by atoms with Crippen molar-refractivity contribution in [1.82, 2.24) is 0 Å². The number of hydrogen-bond acceptors (Lipinski definition) is 3. The predicted molar refractivity (Wildman–Crippen MR) is 83.8 cm³/mol. The molecule has 1 fully saturated rings. The van der Waals surface area contributed by atoms with Crippen LogP contribution in [0.4, 0.5) is 5.69 Å². The summed E-state index contributed by atoms with van der Waals surface area (Å²) < 4.78 is 11.0. The summed E-state index contributed by atoms with van der Waals surface area (Å²) in [6, 6.07) is 6.70. The van der Waals surface area contributed by atoms with Crippen LogP contribution in [-0.2, 0) is 0 Å². The molecule has 1 N–H and O–H groups in total. The first-order chi connectivity index (χ1) is 9.72. The minimum Gasteiger partial charge on any atom is -0.493 e. The molecule has 20 heavy (non-hydrogen) atoms. The molecule has 1 aromatic carbocycles. The van der Waals surface area contributed by atoms with Gasteiger partial charge >= 0.3 is 0 Å². The third kappa shape index (κ3) is 4.06. The zero-order valence-corrected chi connectivity index (χ0v) is 12.9. The van der Waals surface area contributed by atoms with Crippen molar-refractivity contribution >= 4 is 5.69 Å². The lowest BCUT2D eigenvalue weighted by molar-refractivity contribution is 0.311. The molecule has 1 aliphatic carbocycles. The van der Waals surface area contributed by atoms with E-state index in [2.05, 4.69) is 24.4 Å². The Morgan fingerprint density at radius 2 is 2.00 bits per heavy atom. The molecule has 2 rings (SSSR count). The maximum atomic E-state index is 5.63. The van der Waals surface area contributed by atoms with Crippen LogP contribution in [-0.4, -0.2) is 19.8 Å². The Bertz CT molecular complexity index is 419. The van der Waals surface area contributed by atoms with Crippen molar-refractivity contribution in [2.75, 3.05) is 19.0 Å². The van der Waals surface area contributed by atoms with Gasteiger partial charge in [0, 0.05) is 17.8 Å². The third-order valence-electron chi connectivity index (χ3n) is 4.09. The van der Waals surface area contributed by atoms with E-state index in [-0.39, 0.29) is 0 Å². The second-order valence-corrected chi connectivity index (χ2v) is 5.75. The van der Waals surface area contributed by atoms with Crippen LogP contribution in [0.5, 0.6) is 11.5 Å². The Labute approximate surface area is 122 Å². The van der Waals surface area contributed by atoms with Gasteiger partial charge in [-0.05, 0) is 44.2 Å². The van der Waals surface area contributed by atoms with E-state index < -0.39 is 0 Å². The van der Waals surface area contributed by atoms with Crippen LogP contribution in [0.1, 0.15) is 46.0 Å². The predicted octanol–water partition coefficient (Wildman–Crippen LogP) is 4.47. The zero-order valence-electron chi connectivity index (χ0n) is 12.9. The van der Waals surface area contributed by atoms with Gasteiger partial charge < -0.3 is 14.8 Å². The molecule has 0 bridgehead atoms. The largest absolute Gasteiger partial charge is 0.493 e. The fourth-order valence-electron chi connectivity index (χ4n) is 2.90. The highest BCUT2D eigenvalue weighted by atomic mass is 16.5. The Morgan fingerprint density at radius 3 is 2.75 bits per heavy atom. The summed E-state index contributed by atoms with van der Waals surface area (Å²) in [6.45, 7) is 5.01. The third-order valence-corrected chi connectivity index (χ3v) is 4.09. The molecule has 0 spiro atoms. The average molecular weight is 277 g/mol. The summed E-state index contributed by atoms with van der Waals surface area (Å²) in [7, 11) is 1.68. The fraction of sp³-hybridized carbons (Fsp3) is 0.647. The Balaban J connectivity index is 2.03. The summed E-state index contributed by atoms with van der Waals surface area (Å²) in [5, 5.41) is 3.66. The minimum absolute atomic E-state index is 0.586. The van der Waals surface area contributed by atoms with Crippen molar-refractivity contribution < 1.29 is 9.47 Å². The number of nitrogens with one attached hydrogen (secondary N) is 1. The van der Waals surface area contributed by atoms with Gasteiger partial charge in [0.15, 0.2) is 11.5 Å². The Kier molecular flexibility index (Phi) is 5.57. The number of rotatable bonds is 5. The summed E-state index contributed by atoms with van der Waals surface area (Å²) in [5.74, 6) is 2.49. The van der Waals surface area contributed by atoms with Crippen LogP contribution in [0, 0.1) is 5.92 Å². The molecular weight excluding hydrogens is 250 g/mol. The molecule has 1 aromatic rings. The van der Waals surface area contributed by atoms with E-state index >= 15 is 0 Å². The Hall–Kier alpha value is -1.38. The fourth-order valence-corrected chi connectivity index (χ4v) is 2.90. The van der Waals surface area contributed by atoms with E-state index in [0.29, 0.717) is 12.6 Å². The molecule has 0 radical (unpaired) electrons. The molecule has 2 atom stereocenters. The van der Waals surface area contributed by atoms with Crippen LogP contribution < -0.4 is 14.8 Å². The number of hydrogen-bond donors (Lipinski definition) is 1. The average Bonchev–Trinajstić information content (AvgIpc) is 2.65. The van der Waals surface area contributed by atoms with E-state index in [1.54, 1.807) is 7.11 Å². The van der Waals surface area contributed by atoms with Gasteiger partial charge in [0.25, 0.3) is 0 Å². The lowest BCUT2D eigenvalue weighted by atomic mass is 10.0. The summed E-state index contributed by atoms with van der Waals surface area (Å²) in [6.07, 6.45) is 6.54. The van der Waals surface area contributed by atoms with E-state index in [9.17, 15) is 0 Å². The highest BCUT2D eigenvalue weighted by Crippen LogP contribution is 2.32. The first-order valence-electron chi connectivity index (χ1n) is 7.80. The first-order valence-corrected chi connectivity index (χ1v) is 7.80. The van der Waals surface area contributed by atoms with E-state index in [4.69, 9.17) is 9.47 Å². The number of ether oxygens (including phenoxy) is 2. The van der Waals surface area contributed by atoms with Gasteiger partial charge in [0.1, 0.15) is 0 Å². The molecule has 2 unspecified atom stereocenters. The van der Waals surface area contributed by atoms with Gasteiger partial charge in [0.2, 0.25) is 0 Å². The van der Waals surface area contributed by atoms with Crippen molar-refractivity contribution in [2.45, 2.75) is 52.0 Å². The molecule has 0 aliphatic heterocycles. The number of benzene rings is 1. The zero-order chi connectivity index (χ0) is 14.4. The topological polar surface area (TPSA) is 30.5 Å². The van der Waals surface area contributed by atoms with Gasteiger partial charge in [-0.3, -0.25) is 0 Å². The van der Waals surface area contributed by atoms with E-state index in [1.165, 1.54) is 32.1 Å². The maximum Gasteiger partial charge on any atom is 0.163 e. The van der Waals surface area contributed by atoms with E-state index in [0.717, 1.165) is 23.1 Å². The standard InChI is InChI=1S/C17H27NO2/c1-4-20-17-12-15(10-11-16(17)19-3)18-14-7-5-6-13(2)8-9-14/h10-14,18H,4-9H2,1-3H3. The molecule has 112 valence electrons. The highest BCUT2D eigenvalue weighted by Gasteiger charge is 2.16. The number of methoxy groups -OCH3 is 1. The quantitative estimate of drug-likeness (QED) is 0.805. The lowest BCUT2D eigenvalue weighted by Gasteiger charge is -2.19. The van der Waals surface area contributed by atoms with E-state index in [1.807, 2.05) is 13.0 Å². The van der Waals surface area contributed by atoms with Gasteiger partial charge in [-0.15, -0.1) is 0 Å². The van der Waals surface area contributed by atoms with Crippen LogP contribution in [0.15, 0.2) is 18.2 Å². The van der Waals surface area contributed by atoms with Crippen LogP contribution in [0.2, 0.25) is 0 Å². The maximum absolute atomic E-state index is 5.63. The smallest absolute Gasteiger partial charge is 0.163 e. The number of anilines is 1. The van der Waals surface area contributed by atoms with Crippen LogP contribution >= 0.6 is 0 Å². The molecule has 3 nitrogen and oxygen atoms in total. The highest BCUT2D eigenvalue weighted by molar-refractivity contribution is 5.55. The molecule has 0 aromatic heterocycles. The normalized spacial score (nSPS) is 22.9. The SMILES string of the molecule is CCOc1cc(NC2CCCC(C)CC2)ccc1OC. The lowest BCUT2D eigenvalue weighted by Crippen LogP contribution is -2.18. The monoisotopic (exact) mass is 277 g/mol. The molecule has 0 saturated heterocycles. The van der Waals surface area contributed by atoms with Crippen LogP contribution in [0.25, 0.3) is 0 Å². The molecular formula is C17H27NO2. The van der Waals surface area contributed by atoms with Crippen molar-refractivity contribution in [3.8, 4) is 11.5 Å². The van der Waals surface area contributed by atoms with Crippen molar-refractivity contribution in [2.24, 2.45) is 5.92 Å². The second-order valence-electron chi connectivity index (χ2n) is 5.75. The van der Waals surface area contributed by atoms with Crippen LogP contribution in [0.3, 0.4) is 0 Å². The summed E-state index contributed by atoms with van der Waals surface area (Å²) in [4.78, 5) is 0. The minimum atomic E-state index is 0.586. The molecule has 1 saturated carbocycles. The second kappa shape index (κ2) is 7.41. The summed E-state index contributed by atoms with van der Waals surface area (Å²) >= 11 is 0. The van der Waals surface area contributed by atoms with Gasteiger partial charge in [0.05, 0.1) is 13.7 Å². The molecule has 3 heteroatoms. The molecule has 0 heterocycles. The van der Waals surface area contributed by atoms with Gasteiger partial charge in [-0.25, -0.2) is 0 Å². The van der Waals surface area contributed by atoms with Crippen molar-refractivity contribution in [3.05, 3.63) is 18.2 Å². The van der Waals surface area contributed by atoms with Crippen molar-refractivity contribution in [3.63, 3.8) is 0 Å².